The molecule has 0 spiro atoms. The van der Waals surface area contributed by atoms with Gasteiger partial charge in [-0.25, -0.2) is 4.68 Å². The Balaban J connectivity index is 0.00000133. The number of aromatic nitrogens is 2. The maximum atomic E-state index is 11.8. The molecule has 0 unspecified atom stereocenters. The van der Waals surface area contributed by atoms with Gasteiger partial charge in [-0.3, -0.25) is 9.93 Å². The first-order chi connectivity index (χ1) is 16.8. The summed E-state index contributed by atoms with van der Waals surface area (Å²) in [6.07, 6.45) is 2.57. The first-order valence-corrected chi connectivity index (χ1v) is 12.8. The van der Waals surface area contributed by atoms with E-state index in [1.165, 1.54) is 30.1 Å². The van der Waals surface area contributed by atoms with Gasteiger partial charge in [0.25, 0.3) is 0 Å². The number of nitrogens with two attached hydrogens (primary N) is 2. The van der Waals surface area contributed by atoms with Crippen LogP contribution in [-0.2, 0) is 18.6 Å². The van der Waals surface area contributed by atoms with E-state index in [9.17, 15) is 4.79 Å². The van der Waals surface area contributed by atoms with Crippen LogP contribution in [0.25, 0.3) is 16.9 Å². The van der Waals surface area contributed by atoms with Crippen LogP contribution in [0.4, 0.5) is 5.69 Å². The largest absolute Gasteiger partial charge is 0.333 e. The van der Waals surface area contributed by atoms with Gasteiger partial charge in [0.1, 0.15) is 5.69 Å². The first-order valence-electron chi connectivity index (χ1n) is 10.9. The molecule has 1 aliphatic rings. The average molecular weight is 490 g/mol. The lowest BCUT2D eigenvalue weighted by atomic mass is 9.88. The summed E-state index contributed by atoms with van der Waals surface area (Å²) in [7, 11) is 1.50. The third-order valence-electron chi connectivity index (χ3n) is 5.62. The molecule has 8 heteroatoms. The molecule has 1 heterocycles. The summed E-state index contributed by atoms with van der Waals surface area (Å²) in [5, 5.41) is 10.3. The summed E-state index contributed by atoms with van der Waals surface area (Å²) >= 11 is 2.87. The molecule has 6 nitrogen and oxygen atoms in total. The normalized spacial score (nSPS) is 11.6. The third kappa shape index (κ3) is 5.05. The number of hydrogen-bond acceptors (Lipinski definition) is 7. The van der Waals surface area contributed by atoms with Crippen LogP contribution in [0.15, 0.2) is 77.7 Å². The molecule has 1 aliphatic carbocycles. The highest BCUT2D eigenvalue weighted by atomic mass is 32.2. The van der Waals surface area contributed by atoms with Crippen LogP contribution in [0.3, 0.4) is 0 Å². The van der Waals surface area contributed by atoms with E-state index in [1.807, 2.05) is 35.0 Å². The van der Waals surface area contributed by atoms with Crippen LogP contribution in [-0.4, -0.2) is 23.1 Å². The smallest absolute Gasteiger partial charge is 0.170 e. The summed E-state index contributed by atoms with van der Waals surface area (Å²) in [5.74, 6) is 0.877. The van der Waals surface area contributed by atoms with Gasteiger partial charge in [-0.2, -0.15) is 5.10 Å². The monoisotopic (exact) mass is 489 g/mol. The molecule has 0 aliphatic heterocycles. The van der Waals surface area contributed by atoms with Crippen molar-refractivity contribution < 1.29 is 4.79 Å². The fraction of sp³-hybridized carbons (Fsp3) is 0.154. The van der Waals surface area contributed by atoms with E-state index in [0.717, 1.165) is 58.0 Å². The van der Waals surface area contributed by atoms with Crippen molar-refractivity contribution in [2.75, 3.05) is 11.8 Å². The maximum absolute atomic E-state index is 11.8. The molecule has 0 saturated heterocycles. The Morgan fingerprint density at radius 2 is 1.79 bits per heavy atom. The number of aldehydes is 1. The van der Waals surface area contributed by atoms with Crippen molar-refractivity contribution in [3.05, 3.63) is 95.2 Å². The second-order valence-corrected chi connectivity index (χ2v) is 9.09. The molecule has 0 amide bonds. The summed E-state index contributed by atoms with van der Waals surface area (Å²) in [4.78, 5) is 12.7. The molecule has 174 valence electrons. The fourth-order valence-corrected chi connectivity index (χ4v) is 5.07. The molecule has 3 aromatic carbocycles. The van der Waals surface area contributed by atoms with Gasteiger partial charge < -0.3 is 10.5 Å². The molecular formula is C26H27N5OS2. The van der Waals surface area contributed by atoms with Crippen LogP contribution < -0.4 is 15.6 Å². The number of anilines is 1. The highest BCUT2D eigenvalue weighted by Crippen LogP contribution is 2.38. The number of fused-ring (bicyclic) bond motifs is 3. The van der Waals surface area contributed by atoms with Gasteiger partial charge in [0.15, 0.2) is 6.29 Å². The van der Waals surface area contributed by atoms with Gasteiger partial charge in [-0.05, 0) is 91.3 Å². The molecule has 0 atom stereocenters. The number of rotatable bonds is 7. The van der Waals surface area contributed by atoms with Crippen molar-refractivity contribution in [2.45, 2.75) is 23.5 Å². The minimum atomic E-state index is 0.514. The predicted molar refractivity (Wildman–Crippen MR) is 143 cm³/mol. The molecule has 0 saturated carbocycles. The van der Waals surface area contributed by atoms with Crippen molar-refractivity contribution in [1.82, 2.24) is 9.78 Å². The molecule has 1 aromatic heterocycles. The van der Waals surface area contributed by atoms with Gasteiger partial charge in [0, 0.05) is 27.5 Å². The predicted octanol–water partition coefficient (Wildman–Crippen LogP) is 5.25. The van der Waals surface area contributed by atoms with Crippen LogP contribution in [0.1, 0.15) is 27.2 Å². The fourth-order valence-electron chi connectivity index (χ4n) is 4.05. The lowest BCUT2D eigenvalue weighted by molar-refractivity contribution is 0.111. The van der Waals surface area contributed by atoms with Crippen LogP contribution >= 0.6 is 23.9 Å². The number of carbonyl (C=O) groups is 1. The number of nitrogens with one attached hydrogen (secondary N) is 1. The SMILES string of the molecule is CN.NSc1ccc(-n2nc(C=O)c3c2-c2cc(NSCc4ccccc4)ccc2CC3)cc1. The topological polar surface area (TPSA) is 99.0 Å². The molecule has 0 radical (unpaired) electrons. The van der Waals surface area contributed by atoms with Crippen LogP contribution in [0, 0.1) is 0 Å². The van der Waals surface area contributed by atoms with Gasteiger partial charge in [0.05, 0.1) is 11.4 Å². The Labute approximate surface area is 208 Å². The zero-order valence-electron chi connectivity index (χ0n) is 18.9. The van der Waals surface area contributed by atoms with Crippen molar-refractivity contribution in [3.63, 3.8) is 0 Å². The van der Waals surface area contributed by atoms with Gasteiger partial charge in [-0.1, -0.05) is 36.4 Å². The van der Waals surface area contributed by atoms with Crippen molar-refractivity contribution >= 4 is 35.9 Å². The number of nitrogens with zero attached hydrogens (tertiary/aromatic N) is 2. The Hall–Kier alpha value is -3.04. The van der Waals surface area contributed by atoms with E-state index in [2.05, 4.69) is 58.0 Å². The molecule has 5 N–H and O–H groups in total. The van der Waals surface area contributed by atoms with Crippen molar-refractivity contribution in [2.24, 2.45) is 10.9 Å². The molecule has 0 bridgehead atoms. The van der Waals surface area contributed by atoms with E-state index < -0.39 is 0 Å². The number of benzene rings is 3. The highest BCUT2D eigenvalue weighted by molar-refractivity contribution is 7.99. The Morgan fingerprint density at radius 3 is 2.50 bits per heavy atom. The number of aryl methyl sites for hydroxylation is 1. The Kier molecular flexibility index (Phi) is 8.08. The lowest BCUT2D eigenvalue weighted by Gasteiger charge is -2.20. The van der Waals surface area contributed by atoms with Crippen molar-refractivity contribution in [1.29, 1.82) is 0 Å². The lowest BCUT2D eigenvalue weighted by Crippen LogP contribution is -2.08. The molecule has 34 heavy (non-hydrogen) atoms. The van der Waals surface area contributed by atoms with Crippen LogP contribution in [0.2, 0.25) is 0 Å². The number of hydrogen-bond donors (Lipinski definition) is 3. The Morgan fingerprint density at radius 1 is 1.03 bits per heavy atom. The second kappa shape index (κ2) is 11.4. The molecule has 4 aromatic rings. The van der Waals surface area contributed by atoms with Gasteiger partial charge >= 0.3 is 0 Å². The summed E-state index contributed by atoms with van der Waals surface area (Å²) in [5.41, 5.74) is 12.6. The quantitative estimate of drug-likeness (QED) is 0.241. The van der Waals surface area contributed by atoms with Crippen LogP contribution in [0.5, 0.6) is 0 Å². The highest BCUT2D eigenvalue weighted by Gasteiger charge is 2.26. The van der Waals surface area contributed by atoms with E-state index in [4.69, 9.17) is 5.14 Å². The standard InChI is InChI=1S/C25H22N4OS2.CH5N/c26-32-21-11-9-20(10-12-21)29-25-22(24(15-30)27-29)13-7-18-6-8-19(14-23(18)25)28-31-16-17-4-2-1-3-5-17;1-2/h1-6,8-12,14-15,28H,7,13,16,26H2;2H2,1H3. The third-order valence-corrected chi connectivity index (χ3v) is 7.03. The van der Waals surface area contributed by atoms with Gasteiger partial charge in [-0.15, -0.1) is 0 Å². The van der Waals surface area contributed by atoms with E-state index in [-0.39, 0.29) is 0 Å². The molecule has 5 rings (SSSR count). The summed E-state index contributed by atoms with van der Waals surface area (Å²) < 4.78 is 5.36. The van der Waals surface area contributed by atoms with E-state index >= 15 is 0 Å². The van der Waals surface area contributed by atoms with Crippen molar-refractivity contribution in [3.8, 4) is 16.9 Å². The molecular weight excluding hydrogens is 462 g/mol. The summed E-state index contributed by atoms with van der Waals surface area (Å²) in [6, 6.07) is 24.8. The molecule has 0 fully saturated rings. The van der Waals surface area contributed by atoms with E-state index in [1.54, 1.807) is 11.9 Å². The first kappa shape index (κ1) is 24.1. The minimum absolute atomic E-state index is 0.514. The Bertz CT molecular complexity index is 1260. The maximum Gasteiger partial charge on any atom is 0.170 e. The van der Waals surface area contributed by atoms with Gasteiger partial charge in [0.2, 0.25) is 0 Å². The average Bonchev–Trinajstić information content (AvgIpc) is 3.30. The second-order valence-electron chi connectivity index (χ2n) is 7.60. The minimum Gasteiger partial charge on any atom is -0.333 e. The van der Waals surface area contributed by atoms with E-state index in [0.29, 0.717) is 5.69 Å². The number of carbonyl (C=O) groups excluding carboxylic acids is 1. The zero-order chi connectivity index (χ0) is 23.9. The zero-order valence-corrected chi connectivity index (χ0v) is 20.5. The summed E-state index contributed by atoms with van der Waals surface area (Å²) in [6.45, 7) is 0.